The number of pyridine rings is 1. The second-order valence-electron chi connectivity index (χ2n) is 5.70. The molecule has 0 atom stereocenters. The van der Waals surface area contributed by atoms with Gasteiger partial charge in [-0.25, -0.2) is 4.98 Å². The Morgan fingerprint density at radius 2 is 2.17 bits per heavy atom. The van der Waals surface area contributed by atoms with Gasteiger partial charge in [-0.2, -0.15) is 5.26 Å². The fraction of sp³-hybridized carbons (Fsp3) is 0.235. The number of aryl methyl sites for hydroxylation is 1. The van der Waals surface area contributed by atoms with Crippen LogP contribution in [0, 0.1) is 18.3 Å². The molecule has 1 aromatic carbocycles. The van der Waals surface area contributed by atoms with Gasteiger partial charge in [0.15, 0.2) is 5.65 Å². The molecule has 1 amide bonds. The van der Waals surface area contributed by atoms with Crippen molar-refractivity contribution in [2.75, 3.05) is 24.5 Å². The van der Waals surface area contributed by atoms with Crippen LogP contribution < -0.4 is 10.2 Å². The number of carbonyl (C=O) groups excluding carboxylic acids is 1. The summed E-state index contributed by atoms with van der Waals surface area (Å²) in [6, 6.07) is 12.0. The summed E-state index contributed by atoms with van der Waals surface area (Å²) in [6.07, 6.45) is 0. The molecule has 4 rings (SSSR count). The highest BCUT2D eigenvalue weighted by atomic mass is 16.2. The highest BCUT2D eigenvalue weighted by Gasteiger charge is 2.22. The van der Waals surface area contributed by atoms with E-state index in [1.807, 2.05) is 46.6 Å². The average molecular weight is 305 g/mol. The molecule has 3 heterocycles. The molecule has 1 fully saturated rings. The van der Waals surface area contributed by atoms with Gasteiger partial charge < -0.3 is 10.2 Å². The Morgan fingerprint density at radius 1 is 1.35 bits per heavy atom. The van der Waals surface area contributed by atoms with E-state index in [1.165, 1.54) is 0 Å². The number of imidazole rings is 1. The SMILES string of the molecule is Cc1cc(N2CCNC(=O)C2)n2c(nc3ccccc32)c1C#N. The number of carbonyl (C=O) groups is 1. The summed E-state index contributed by atoms with van der Waals surface area (Å²) < 4.78 is 1.99. The Kier molecular flexibility index (Phi) is 2.95. The Bertz CT molecular complexity index is 982. The number of amides is 1. The van der Waals surface area contributed by atoms with E-state index in [9.17, 15) is 10.1 Å². The lowest BCUT2D eigenvalue weighted by molar-refractivity contribution is -0.120. The van der Waals surface area contributed by atoms with Crippen molar-refractivity contribution in [3.8, 4) is 6.07 Å². The highest BCUT2D eigenvalue weighted by Crippen LogP contribution is 2.28. The number of fused-ring (bicyclic) bond motifs is 3. The van der Waals surface area contributed by atoms with Gasteiger partial charge in [0.1, 0.15) is 11.9 Å². The monoisotopic (exact) mass is 305 g/mol. The number of piperazine rings is 1. The molecule has 0 saturated carbocycles. The van der Waals surface area contributed by atoms with E-state index in [0.717, 1.165) is 29.0 Å². The summed E-state index contributed by atoms with van der Waals surface area (Å²) in [4.78, 5) is 18.4. The summed E-state index contributed by atoms with van der Waals surface area (Å²) in [7, 11) is 0. The summed E-state index contributed by atoms with van der Waals surface area (Å²) >= 11 is 0. The summed E-state index contributed by atoms with van der Waals surface area (Å²) in [5, 5.41) is 12.3. The van der Waals surface area contributed by atoms with E-state index < -0.39 is 0 Å². The van der Waals surface area contributed by atoms with Crippen molar-refractivity contribution in [2.24, 2.45) is 0 Å². The van der Waals surface area contributed by atoms with Crippen molar-refractivity contribution in [3.05, 3.63) is 41.5 Å². The number of hydrogen-bond donors (Lipinski definition) is 1. The minimum atomic E-state index is 0.0100. The van der Waals surface area contributed by atoms with E-state index in [4.69, 9.17) is 0 Å². The molecule has 0 spiro atoms. The number of aromatic nitrogens is 2. The van der Waals surface area contributed by atoms with E-state index in [2.05, 4.69) is 16.4 Å². The third kappa shape index (κ3) is 2.01. The smallest absolute Gasteiger partial charge is 0.239 e. The summed E-state index contributed by atoms with van der Waals surface area (Å²) in [6.45, 7) is 3.57. The van der Waals surface area contributed by atoms with Crippen molar-refractivity contribution < 1.29 is 4.79 Å². The van der Waals surface area contributed by atoms with Crippen LogP contribution in [0.2, 0.25) is 0 Å². The molecule has 0 aliphatic carbocycles. The van der Waals surface area contributed by atoms with Crippen molar-refractivity contribution >= 4 is 28.4 Å². The molecular weight excluding hydrogens is 290 g/mol. The van der Waals surface area contributed by atoms with E-state index >= 15 is 0 Å². The first kappa shape index (κ1) is 13.6. The molecule has 2 aromatic heterocycles. The van der Waals surface area contributed by atoms with Crippen molar-refractivity contribution in [1.82, 2.24) is 14.7 Å². The van der Waals surface area contributed by atoms with Gasteiger partial charge in [-0.05, 0) is 30.7 Å². The number of anilines is 1. The number of nitrogens with zero attached hydrogens (tertiary/aromatic N) is 4. The maximum atomic E-state index is 11.8. The molecule has 3 aromatic rings. The number of para-hydroxylation sites is 2. The predicted molar refractivity (Wildman–Crippen MR) is 87.4 cm³/mol. The maximum Gasteiger partial charge on any atom is 0.239 e. The first-order valence-electron chi connectivity index (χ1n) is 7.51. The van der Waals surface area contributed by atoms with Crippen LogP contribution in [0.1, 0.15) is 11.1 Å². The molecule has 1 saturated heterocycles. The number of benzene rings is 1. The van der Waals surface area contributed by atoms with Gasteiger partial charge in [-0.3, -0.25) is 9.20 Å². The van der Waals surface area contributed by atoms with Crippen molar-refractivity contribution in [1.29, 1.82) is 5.26 Å². The zero-order valence-electron chi connectivity index (χ0n) is 12.7. The van der Waals surface area contributed by atoms with Crippen molar-refractivity contribution in [3.63, 3.8) is 0 Å². The van der Waals surface area contributed by atoms with Crippen LogP contribution in [-0.2, 0) is 4.79 Å². The maximum absolute atomic E-state index is 11.8. The van der Waals surface area contributed by atoms with Crippen LogP contribution in [-0.4, -0.2) is 34.9 Å². The zero-order chi connectivity index (χ0) is 16.0. The normalized spacial score (nSPS) is 15.0. The van der Waals surface area contributed by atoms with Gasteiger partial charge in [0.2, 0.25) is 5.91 Å². The van der Waals surface area contributed by atoms with Gasteiger partial charge >= 0.3 is 0 Å². The fourth-order valence-corrected chi connectivity index (χ4v) is 3.14. The molecule has 1 N–H and O–H groups in total. The number of nitriles is 1. The van der Waals surface area contributed by atoms with Crippen molar-refractivity contribution in [2.45, 2.75) is 6.92 Å². The quantitative estimate of drug-likeness (QED) is 0.741. The average Bonchev–Trinajstić information content (AvgIpc) is 2.93. The molecule has 0 unspecified atom stereocenters. The Balaban J connectivity index is 2.07. The first-order chi connectivity index (χ1) is 11.2. The molecule has 0 bridgehead atoms. The molecule has 0 radical (unpaired) electrons. The standard InChI is InChI=1S/C17H15N5O/c1-11-8-16(21-7-6-19-15(23)10-21)22-14-5-3-2-4-13(14)20-17(22)12(11)9-18/h2-5,8H,6-7,10H2,1H3,(H,19,23). The lowest BCUT2D eigenvalue weighted by atomic mass is 10.1. The van der Waals surface area contributed by atoms with Crippen LogP contribution in [0.15, 0.2) is 30.3 Å². The summed E-state index contributed by atoms with van der Waals surface area (Å²) in [5.41, 5.74) is 3.88. The minimum Gasteiger partial charge on any atom is -0.353 e. The Hall–Kier alpha value is -3.07. The molecule has 1 aliphatic heterocycles. The van der Waals surface area contributed by atoms with Gasteiger partial charge in [-0.15, -0.1) is 0 Å². The Morgan fingerprint density at radius 3 is 2.96 bits per heavy atom. The molecule has 6 heteroatoms. The minimum absolute atomic E-state index is 0.0100. The van der Waals surface area contributed by atoms with Gasteiger partial charge in [0, 0.05) is 13.1 Å². The molecule has 114 valence electrons. The zero-order valence-corrected chi connectivity index (χ0v) is 12.7. The fourth-order valence-electron chi connectivity index (χ4n) is 3.14. The van der Waals surface area contributed by atoms with Gasteiger partial charge in [-0.1, -0.05) is 12.1 Å². The first-order valence-corrected chi connectivity index (χ1v) is 7.51. The number of rotatable bonds is 1. The van der Waals surface area contributed by atoms with E-state index in [1.54, 1.807) is 0 Å². The molecular formula is C17H15N5O. The predicted octanol–water partition coefficient (Wildman–Crippen LogP) is 1.60. The third-order valence-corrected chi connectivity index (χ3v) is 4.23. The number of hydrogen-bond acceptors (Lipinski definition) is 4. The molecule has 1 aliphatic rings. The second-order valence-corrected chi connectivity index (χ2v) is 5.70. The van der Waals surface area contributed by atoms with Crippen LogP contribution in [0.3, 0.4) is 0 Å². The van der Waals surface area contributed by atoms with Gasteiger partial charge in [0.25, 0.3) is 0 Å². The van der Waals surface area contributed by atoms with Crippen LogP contribution in [0.4, 0.5) is 5.82 Å². The van der Waals surface area contributed by atoms with E-state index in [-0.39, 0.29) is 5.91 Å². The molecule has 23 heavy (non-hydrogen) atoms. The number of nitrogens with one attached hydrogen (secondary N) is 1. The third-order valence-electron chi connectivity index (χ3n) is 4.23. The van der Waals surface area contributed by atoms with Gasteiger partial charge in [0.05, 0.1) is 23.1 Å². The second kappa shape index (κ2) is 4.99. The lowest BCUT2D eigenvalue weighted by Crippen LogP contribution is -2.48. The molecule has 6 nitrogen and oxygen atoms in total. The highest BCUT2D eigenvalue weighted by molar-refractivity contribution is 5.87. The van der Waals surface area contributed by atoms with Crippen LogP contribution in [0.25, 0.3) is 16.7 Å². The van der Waals surface area contributed by atoms with E-state index in [0.29, 0.717) is 24.3 Å². The summed E-state index contributed by atoms with van der Waals surface area (Å²) in [5.74, 6) is 0.913. The lowest BCUT2D eigenvalue weighted by Gasteiger charge is -2.29. The topological polar surface area (TPSA) is 73.4 Å². The van der Waals surface area contributed by atoms with Crippen LogP contribution in [0.5, 0.6) is 0 Å². The largest absolute Gasteiger partial charge is 0.353 e. The van der Waals surface area contributed by atoms with Crippen LogP contribution >= 0.6 is 0 Å². The Labute approximate surface area is 132 Å².